The zero-order chi connectivity index (χ0) is 11.6. The predicted octanol–water partition coefficient (Wildman–Crippen LogP) is 0.661. The highest BCUT2D eigenvalue weighted by atomic mass is 16.1. The third-order valence-electron chi connectivity index (χ3n) is 1.91. The summed E-state index contributed by atoms with van der Waals surface area (Å²) in [4.78, 5) is 18.0. The third kappa shape index (κ3) is 2.25. The van der Waals surface area contributed by atoms with Crippen LogP contribution in [-0.4, -0.2) is 16.7 Å². The Morgan fingerprint density at radius 1 is 1.53 bits per heavy atom. The van der Waals surface area contributed by atoms with Gasteiger partial charge in [-0.3, -0.25) is 4.79 Å². The molecule has 1 heterocycles. The summed E-state index contributed by atoms with van der Waals surface area (Å²) in [7, 11) is 0. The number of aryl methyl sites for hydroxylation is 1. The van der Waals surface area contributed by atoms with Gasteiger partial charge in [0.15, 0.2) is 0 Å². The molecular weight excluding hydrogens is 192 g/mol. The number of hydrogen-bond acceptors (Lipinski definition) is 2. The number of hydrogen-bond donors (Lipinski definition) is 3. The quantitative estimate of drug-likeness (QED) is 0.500. The molecule has 15 heavy (non-hydrogen) atoms. The molecule has 80 valence electrons. The molecule has 0 aromatic carbocycles. The van der Waals surface area contributed by atoms with Gasteiger partial charge in [-0.05, 0) is 13.8 Å². The normalized spacial score (nSPS) is 11.5. The largest absolute Gasteiger partial charge is 0.383 e. The number of amidine groups is 1. The number of rotatable bonds is 3. The molecule has 0 aliphatic carbocycles. The number of carbonyl (C=O) groups is 1. The summed E-state index contributed by atoms with van der Waals surface area (Å²) >= 11 is 0. The van der Waals surface area contributed by atoms with Crippen LogP contribution in [0.5, 0.6) is 0 Å². The Bertz CT molecular complexity index is 442. The Kier molecular flexibility index (Phi) is 2.94. The molecule has 0 spiro atoms. The van der Waals surface area contributed by atoms with Crippen molar-refractivity contribution in [2.75, 3.05) is 0 Å². The molecule has 0 fully saturated rings. The molecular formula is C10H14N4O. The van der Waals surface area contributed by atoms with Crippen LogP contribution < -0.4 is 11.5 Å². The number of allylic oxidation sites excluding steroid dienone is 1. The van der Waals surface area contributed by atoms with E-state index in [4.69, 9.17) is 11.5 Å². The Labute approximate surface area is 87.9 Å². The molecule has 0 aliphatic heterocycles. The molecule has 1 rings (SSSR count). The van der Waals surface area contributed by atoms with Crippen LogP contribution in [0, 0.1) is 6.92 Å². The highest BCUT2D eigenvalue weighted by molar-refractivity contribution is 6.09. The highest BCUT2D eigenvalue weighted by Gasteiger charge is 2.15. The first-order valence-electron chi connectivity index (χ1n) is 4.41. The summed E-state index contributed by atoms with van der Waals surface area (Å²) in [6.07, 6.45) is 1.52. The minimum atomic E-state index is -0.533. The van der Waals surface area contributed by atoms with Gasteiger partial charge in [-0.1, -0.05) is 6.58 Å². The number of nitrogens with two attached hydrogens (primary N) is 2. The van der Waals surface area contributed by atoms with E-state index in [2.05, 4.69) is 16.6 Å². The van der Waals surface area contributed by atoms with Crippen LogP contribution in [0.1, 0.15) is 28.5 Å². The van der Waals surface area contributed by atoms with E-state index in [0.29, 0.717) is 16.8 Å². The summed E-state index contributed by atoms with van der Waals surface area (Å²) < 4.78 is 0. The molecule has 1 aromatic heterocycles. The summed E-state index contributed by atoms with van der Waals surface area (Å²) in [5.41, 5.74) is 13.2. The molecule has 5 heteroatoms. The fraction of sp³-hybridized carbons (Fsp3) is 0.200. The monoisotopic (exact) mass is 206 g/mol. The van der Waals surface area contributed by atoms with Gasteiger partial charge in [0.1, 0.15) is 5.84 Å². The predicted molar refractivity (Wildman–Crippen MR) is 59.6 cm³/mol. The van der Waals surface area contributed by atoms with Crippen molar-refractivity contribution in [2.45, 2.75) is 13.8 Å². The SMILES string of the molecule is C=C(C)N=C(N)c1c(C(N)=O)c[nH]c1C. The first-order valence-corrected chi connectivity index (χ1v) is 4.41. The average molecular weight is 206 g/mol. The number of carbonyl (C=O) groups excluding carboxylic acids is 1. The van der Waals surface area contributed by atoms with Gasteiger partial charge in [0.25, 0.3) is 5.91 Å². The standard InChI is InChI=1S/C10H14N4O/c1-5(2)14-9(11)8-6(3)13-4-7(8)10(12)15/h4,13H,1H2,2-3H3,(H2,11,14)(H2,12,15). The molecule has 0 radical (unpaired) electrons. The molecule has 5 N–H and O–H groups in total. The van der Waals surface area contributed by atoms with Crippen molar-refractivity contribution in [1.29, 1.82) is 0 Å². The van der Waals surface area contributed by atoms with Gasteiger partial charge in [0.05, 0.1) is 5.56 Å². The van der Waals surface area contributed by atoms with Crippen molar-refractivity contribution in [3.8, 4) is 0 Å². The number of amides is 1. The van der Waals surface area contributed by atoms with E-state index in [1.807, 2.05) is 0 Å². The number of nitrogens with one attached hydrogen (secondary N) is 1. The fourth-order valence-corrected chi connectivity index (χ4v) is 1.31. The first-order chi connectivity index (χ1) is 6.93. The second-order valence-corrected chi connectivity index (χ2v) is 3.30. The van der Waals surface area contributed by atoms with Crippen molar-refractivity contribution in [3.05, 3.63) is 35.3 Å². The molecule has 0 unspecified atom stereocenters. The lowest BCUT2D eigenvalue weighted by Crippen LogP contribution is -2.20. The molecule has 0 aliphatic rings. The van der Waals surface area contributed by atoms with E-state index in [-0.39, 0.29) is 5.84 Å². The van der Waals surface area contributed by atoms with E-state index in [0.717, 1.165) is 5.69 Å². The van der Waals surface area contributed by atoms with Crippen LogP contribution in [0.15, 0.2) is 23.5 Å². The highest BCUT2D eigenvalue weighted by Crippen LogP contribution is 2.13. The smallest absolute Gasteiger partial charge is 0.250 e. The lowest BCUT2D eigenvalue weighted by atomic mass is 10.1. The van der Waals surface area contributed by atoms with Gasteiger partial charge >= 0.3 is 0 Å². The molecule has 5 nitrogen and oxygen atoms in total. The van der Waals surface area contributed by atoms with Gasteiger partial charge in [0.2, 0.25) is 0 Å². The maximum atomic E-state index is 11.1. The van der Waals surface area contributed by atoms with Crippen LogP contribution in [0.2, 0.25) is 0 Å². The Balaban J connectivity index is 3.29. The molecule has 1 aromatic rings. The second kappa shape index (κ2) is 4.00. The Morgan fingerprint density at radius 3 is 2.60 bits per heavy atom. The molecule has 0 saturated carbocycles. The van der Waals surface area contributed by atoms with Gasteiger partial charge in [-0.15, -0.1) is 0 Å². The van der Waals surface area contributed by atoms with Crippen LogP contribution >= 0.6 is 0 Å². The van der Waals surface area contributed by atoms with E-state index in [1.54, 1.807) is 13.8 Å². The Hall–Kier alpha value is -2.04. The van der Waals surface area contributed by atoms with Crippen molar-refractivity contribution < 1.29 is 4.79 Å². The lowest BCUT2D eigenvalue weighted by Gasteiger charge is -2.02. The second-order valence-electron chi connectivity index (χ2n) is 3.30. The average Bonchev–Trinajstić information content (AvgIpc) is 2.45. The fourth-order valence-electron chi connectivity index (χ4n) is 1.31. The number of aromatic nitrogens is 1. The number of primary amides is 1. The van der Waals surface area contributed by atoms with Gasteiger partial charge in [-0.2, -0.15) is 0 Å². The maximum absolute atomic E-state index is 11.1. The summed E-state index contributed by atoms with van der Waals surface area (Å²) in [5, 5.41) is 0. The van der Waals surface area contributed by atoms with Gasteiger partial charge in [-0.25, -0.2) is 4.99 Å². The summed E-state index contributed by atoms with van der Waals surface area (Å²) in [6, 6.07) is 0. The molecule has 0 saturated heterocycles. The van der Waals surface area contributed by atoms with Crippen LogP contribution in [-0.2, 0) is 0 Å². The lowest BCUT2D eigenvalue weighted by molar-refractivity contribution is 0.100. The Morgan fingerprint density at radius 2 is 2.13 bits per heavy atom. The van der Waals surface area contributed by atoms with Crippen LogP contribution in [0.25, 0.3) is 0 Å². The minimum Gasteiger partial charge on any atom is -0.383 e. The summed E-state index contributed by atoms with van der Waals surface area (Å²) in [6.45, 7) is 7.13. The van der Waals surface area contributed by atoms with E-state index in [1.165, 1.54) is 6.20 Å². The molecule has 1 amide bonds. The number of aliphatic imine (C=N–C) groups is 1. The van der Waals surface area contributed by atoms with Crippen molar-refractivity contribution in [2.24, 2.45) is 16.5 Å². The van der Waals surface area contributed by atoms with Crippen LogP contribution in [0.4, 0.5) is 0 Å². The zero-order valence-electron chi connectivity index (χ0n) is 8.79. The van der Waals surface area contributed by atoms with E-state index >= 15 is 0 Å². The van der Waals surface area contributed by atoms with Gasteiger partial charge in [0, 0.05) is 23.2 Å². The van der Waals surface area contributed by atoms with Gasteiger partial charge < -0.3 is 16.5 Å². The van der Waals surface area contributed by atoms with E-state index in [9.17, 15) is 4.79 Å². The zero-order valence-corrected chi connectivity index (χ0v) is 8.79. The number of H-pyrrole nitrogens is 1. The minimum absolute atomic E-state index is 0.245. The van der Waals surface area contributed by atoms with E-state index < -0.39 is 5.91 Å². The number of nitrogens with zero attached hydrogens (tertiary/aromatic N) is 1. The topological polar surface area (TPSA) is 97.3 Å². The molecule has 0 bridgehead atoms. The first kappa shape index (κ1) is 11.0. The summed E-state index contributed by atoms with van der Waals surface area (Å²) in [5.74, 6) is -0.288. The van der Waals surface area contributed by atoms with Crippen molar-refractivity contribution in [1.82, 2.24) is 4.98 Å². The molecule has 0 atom stereocenters. The maximum Gasteiger partial charge on any atom is 0.250 e. The van der Waals surface area contributed by atoms with Crippen LogP contribution in [0.3, 0.4) is 0 Å². The van der Waals surface area contributed by atoms with Crippen molar-refractivity contribution in [3.63, 3.8) is 0 Å². The van der Waals surface area contributed by atoms with Crippen molar-refractivity contribution >= 4 is 11.7 Å². The number of aromatic amines is 1. The third-order valence-corrected chi connectivity index (χ3v) is 1.91.